The van der Waals surface area contributed by atoms with E-state index in [0.717, 1.165) is 11.4 Å². The van der Waals surface area contributed by atoms with Gasteiger partial charge in [-0.05, 0) is 36.8 Å². The summed E-state index contributed by atoms with van der Waals surface area (Å²) in [5.41, 5.74) is 1.33. The molecule has 1 fully saturated rings. The Balaban J connectivity index is 1.57. The average molecular weight is 482 g/mol. The molecule has 2 aliphatic heterocycles. The summed E-state index contributed by atoms with van der Waals surface area (Å²) in [6.45, 7) is 4.34. The molecule has 0 aromatic heterocycles. The van der Waals surface area contributed by atoms with Gasteiger partial charge in [0.05, 0.1) is 18.6 Å². The van der Waals surface area contributed by atoms with Gasteiger partial charge in [0, 0.05) is 44.0 Å². The van der Waals surface area contributed by atoms with Crippen molar-refractivity contribution in [2.45, 2.75) is 13.0 Å². The van der Waals surface area contributed by atoms with Crippen LogP contribution < -0.4 is 15.0 Å². The number of nitro benzene ring substituents is 1. The van der Waals surface area contributed by atoms with Crippen LogP contribution in [0.4, 0.5) is 11.4 Å². The molecule has 2 atom stereocenters. The number of nitro groups is 1. The monoisotopic (exact) mass is 481 g/mol. The molecule has 0 saturated carbocycles. The molecule has 2 aliphatic rings. The maximum atomic E-state index is 13.0. The normalized spacial score (nSPS) is 20.1. The second kappa shape index (κ2) is 10.4. The fourth-order valence-electron chi connectivity index (χ4n) is 4.26. The van der Waals surface area contributed by atoms with Crippen LogP contribution in [0.25, 0.3) is 0 Å². The number of non-ortho nitro benzene ring substituents is 1. The molecule has 1 saturated heterocycles. The first-order valence-corrected chi connectivity index (χ1v) is 11.3. The van der Waals surface area contributed by atoms with E-state index in [1.807, 2.05) is 29.2 Å². The third-order valence-electron chi connectivity index (χ3n) is 6.07. The fourth-order valence-corrected chi connectivity index (χ4v) is 4.26. The number of carbonyl (C=O) groups is 2. The highest BCUT2D eigenvalue weighted by Crippen LogP contribution is 2.33. The predicted molar refractivity (Wildman–Crippen MR) is 128 cm³/mol. The fraction of sp³-hybridized carbons (Fsp3) is 0.375. The summed E-state index contributed by atoms with van der Waals surface area (Å²) in [7, 11) is 1.63. The molecule has 0 spiro atoms. The number of ether oxygens (including phenoxy) is 2. The molecule has 0 aliphatic carbocycles. The van der Waals surface area contributed by atoms with E-state index >= 15 is 0 Å². The van der Waals surface area contributed by atoms with Gasteiger partial charge in [0.25, 0.3) is 5.69 Å². The van der Waals surface area contributed by atoms with Crippen LogP contribution >= 0.6 is 0 Å². The van der Waals surface area contributed by atoms with Crippen molar-refractivity contribution in [3.63, 3.8) is 0 Å². The maximum Gasteiger partial charge on any atom is 0.321 e. The quantitative estimate of drug-likeness (QED) is 0.288. The molecule has 2 heterocycles. The SMILES string of the molecule is CCOC(=O)[C@@H]1C(=O)NC(N2CCN(c3ccc(OC)cc3)CC2)=N[C@H]1c1cccc([N+](=O)[O-])c1. The van der Waals surface area contributed by atoms with Crippen LogP contribution in [-0.4, -0.2) is 67.6 Å². The van der Waals surface area contributed by atoms with Crippen LogP contribution in [0.2, 0.25) is 0 Å². The Kier molecular flexibility index (Phi) is 7.14. The summed E-state index contributed by atoms with van der Waals surface area (Å²) >= 11 is 0. The minimum atomic E-state index is -1.23. The highest BCUT2D eigenvalue weighted by molar-refractivity contribution is 6.08. The Hall–Kier alpha value is -4.15. The van der Waals surface area contributed by atoms with Gasteiger partial charge in [-0.2, -0.15) is 0 Å². The standard InChI is InChI=1S/C24H27N5O6/c1-3-35-23(31)20-21(16-5-4-6-18(15-16)29(32)33)25-24(26-22(20)30)28-13-11-27(12-14-28)17-7-9-19(34-2)10-8-17/h4-10,15,20-21H,3,11-14H2,1-2H3,(H,25,26,30)/t20-,21-/m0/s1. The average Bonchev–Trinajstić information content (AvgIpc) is 2.88. The highest BCUT2D eigenvalue weighted by atomic mass is 16.6. The first-order valence-electron chi connectivity index (χ1n) is 11.3. The van der Waals surface area contributed by atoms with Crippen molar-refractivity contribution in [1.29, 1.82) is 0 Å². The number of esters is 1. The molecule has 184 valence electrons. The lowest BCUT2D eigenvalue weighted by atomic mass is 9.91. The van der Waals surface area contributed by atoms with E-state index in [0.29, 0.717) is 37.7 Å². The molecule has 35 heavy (non-hydrogen) atoms. The van der Waals surface area contributed by atoms with E-state index in [4.69, 9.17) is 9.47 Å². The molecule has 0 unspecified atom stereocenters. The molecule has 0 radical (unpaired) electrons. The van der Waals surface area contributed by atoms with Gasteiger partial charge in [-0.3, -0.25) is 25.0 Å². The molecular formula is C24H27N5O6. The number of piperazine rings is 1. The Morgan fingerprint density at radius 1 is 1.14 bits per heavy atom. The minimum Gasteiger partial charge on any atom is -0.497 e. The molecule has 4 rings (SSSR count). The van der Waals surface area contributed by atoms with Gasteiger partial charge in [-0.15, -0.1) is 0 Å². The lowest BCUT2D eigenvalue weighted by Crippen LogP contribution is -2.57. The smallest absolute Gasteiger partial charge is 0.321 e. The van der Waals surface area contributed by atoms with E-state index < -0.39 is 28.8 Å². The van der Waals surface area contributed by atoms with Crippen LogP contribution in [0.15, 0.2) is 53.5 Å². The zero-order chi connectivity index (χ0) is 24.9. The Labute approximate surface area is 202 Å². The second-order valence-corrected chi connectivity index (χ2v) is 8.14. The number of rotatable bonds is 6. The number of nitrogens with zero attached hydrogens (tertiary/aromatic N) is 4. The van der Waals surface area contributed by atoms with Crippen molar-refractivity contribution in [1.82, 2.24) is 10.2 Å². The minimum absolute atomic E-state index is 0.105. The third-order valence-corrected chi connectivity index (χ3v) is 6.07. The molecular weight excluding hydrogens is 454 g/mol. The molecule has 11 nitrogen and oxygen atoms in total. The van der Waals surface area contributed by atoms with E-state index in [9.17, 15) is 19.7 Å². The lowest BCUT2D eigenvalue weighted by Gasteiger charge is -2.39. The molecule has 11 heteroatoms. The Morgan fingerprint density at radius 3 is 2.46 bits per heavy atom. The Bertz CT molecular complexity index is 1130. The number of hydrogen-bond acceptors (Lipinski definition) is 9. The molecule has 2 aromatic rings. The Morgan fingerprint density at radius 2 is 1.83 bits per heavy atom. The number of hydrogen-bond donors (Lipinski definition) is 1. The number of benzene rings is 2. The van der Waals surface area contributed by atoms with Crippen LogP contribution in [0.1, 0.15) is 18.5 Å². The number of carbonyl (C=O) groups excluding carboxylic acids is 2. The zero-order valence-corrected chi connectivity index (χ0v) is 19.5. The third kappa shape index (κ3) is 5.18. The number of methoxy groups -OCH3 is 1. The summed E-state index contributed by atoms with van der Waals surface area (Å²) in [4.78, 5) is 45.3. The summed E-state index contributed by atoms with van der Waals surface area (Å²) in [6, 6.07) is 12.7. The van der Waals surface area contributed by atoms with Gasteiger partial charge in [-0.25, -0.2) is 4.99 Å². The van der Waals surface area contributed by atoms with Crippen molar-refractivity contribution < 1.29 is 24.0 Å². The molecule has 1 amide bonds. The zero-order valence-electron chi connectivity index (χ0n) is 19.5. The highest BCUT2D eigenvalue weighted by Gasteiger charge is 2.42. The summed E-state index contributed by atoms with van der Waals surface area (Å²) in [5.74, 6) is -1.35. The van der Waals surface area contributed by atoms with Crippen LogP contribution in [0, 0.1) is 16.0 Å². The van der Waals surface area contributed by atoms with Crippen molar-refractivity contribution in [3.8, 4) is 5.75 Å². The van der Waals surface area contributed by atoms with Gasteiger partial charge in [0.15, 0.2) is 5.92 Å². The van der Waals surface area contributed by atoms with E-state index in [-0.39, 0.29) is 12.3 Å². The number of nitrogens with one attached hydrogen (secondary N) is 1. The topological polar surface area (TPSA) is 127 Å². The van der Waals surface area contributed by atoms with E-state index in [1.165, 1.54) is 18.2 Å². The van der Waals surface area contributed by atoms with Crippen LogP contribution in [-0.2, 0) is 14.3 Å². The number of anilines is 1. The molecule has 0 bridgehead atoms. The number of amides is 1. The first-order chi connectivity index (χ1) is 16.9. The van der Waals surface area contributed by atoms with Crippen LogP contribution in [0.5, 0.6) is 5.75 Å². The van der Waals surface area contributed by atoms with Crippen molar-refractivity contribution in [3.05, 3.63) is 64.2 Å². The van der Waals surface area contributed by atoms with Crippen LogP contribution in [0.3, 0.4) is 0 Å². The van der Waals surface area contributed by atoms with Crippen molar-refractivity contribution >= 4 is 29.2 Å². The van der Waals surface area contributed by atoms with Gasteiger partial charge in [0.2, 0.25) is 11.9 Å². The van der Waals surface area contributed by atoms with E-state index in [1.54, 1.807) is 20.1 Å². The van der Waals surface area contributed by atoms with Gasteiger partial charge >= 0.3 is 5.97 Å². The molecule has 2 aromatic carbocycles. The summed E-state index contributed by atoms with van der Waals surface area (Å²) < 4.78 is 10.3. The van der Waals surface area contributed by atoms with Gasteiger partial charge in [-0.1, -0.05) is 12.1 Å². The summed E-state index contributed by atoms with van der Waals surface area (Å²) in [6.07, 6.45) is 0. The largest absolute Gasteiger partial charge is 0.497 e. The lowest BCUT2D eigenvalue weighted by molar-refractivity contribution is -0.384. The summed E-state index contributed by atoms with van der Waals surface area (Å²) in [5, 5.41) is 14.0. The second-order valence-electron chi connectivity index (χ2n) is 8.14. The van der Waals surface area contributed by atoms with Crippen molar-refractivity contribution in [2.75, 3.05) is 44.8 Å². The predicted octanol–water partition coefficient (Wildman–Crippen LogP) is 2.13. The number of aliphatic imine (C=N–C) groups is 1. The molecule has 1 N–H and O–H groups in total. The first kappa shape index (κ1) is 24.0. The van der Waals surface area contributed by atoms with Gasteiger partial charge in [0.1, 0.15) is 11.8 Å². The van der Waals surface area contributed by atoms with E-state index in [2.05, 4.69) is 15.2 Å². The van der Waals surface area contributed by atoms with Crippen molar-refractivity contribution in [2.24, 2.45) is 10.9 Å². The number of guanidine groups is 1. The maximum absolute atomic E-state index is 13.0. The van der Waals surface area contributed by atoms with Gasteiger partial charge < -0.3 is 19.3 Å².